The van der Waals surface area contributed by atoms with Gasteiger partial charge in [0.1, 0.15) is 5.82 Å². The lowest BCUT2D eigenvalue weighted by molar-refractivity contribution is -0.119. The van der Waals surface area contributed by atoms with Crippen molar-refractivity contribution in [1.82, 2.24) is 9.97 Å². The van der Waals surface area contributed by atoms with Crippen molar-refractivity contribution in [3.8, 4) is 0 Å². The fraction of sp³-hybridized carbons (Fsp3) is 0.286. The van der Waals surface area contributed by atoms with E-state index in [9.17, 15) is 4.79 Å². The van der Waals surface area contributed by atoms with Crippen LogP contribution in [0.5, 0.6) is 0 Å². The van der Waals surface area contributed by atoms with Gasteiger partial charge in [0.2, 0.25) is 5.91 Å². The van der Waals surface area contributed by atoms with E-state index < -0.39 is 5.41 Å². The van der Waals surface area contributed by atoms with Gasteiger partial charge >= 0.3 is 0 Å². The summed E-state index contributed by atoms with van der Waals surface area (Å²) in [6, 6.07) is 3.95. The molecule has 18 heavy (non-hydrogen) atoms. The van der Waals surface area contributed by atoms with Gasteiger partial charge in [-0.1, -0.05) is 6.08 Å². The van der Waals surface area contributed by atoms with Crippen molar-refractivity contribution in [2.75, 3.05) is 5.32 Å². The van der Waals surface area contributed by atoms with Crippen molar-refractivity contribution in [1.29, 1.82) is 0 Å². The number of H-pyrrole nitrogens is 1. The highest BCUT2D eigenvalue weighted by atomic mass is 16.2. The highest BCUT2D eigenvalue weighted by Gasteiger charge is 2.38. The molecule has 4 nitrogen and oxygen atoms in total. The molecule has 1 aliphatic heterocycles. The van der Waals surface area contributed by atoms with Crippen LogP contribution in [0.2, 0.25) is 0 Å². The third-order valence-electron chi connectivity index (χ3n) is 3.45. The summed E-state index contributed by atoms with van der Waals surface area (Å²) in [5.41, 5.74) is 3.26. The second-order valence-corrected chi connectivity index (χ2v) is 5.12. The Morgan fingerprint density at radius 1 is 1.33 bits per heavy atom. The number of allylic oxidation sites excluding steroid dienone is 1. The fourth-order valence-corrected chi connectivity index (χ4v) is 2.33. The lowest BCUT2D eigenvalue weighted by Crippen LogP contribution is -2.26. The van der Waals surface area contributed by atoms with Gasteiger partial charge in [0, 0.05) is 5.69 Å². The zero-order chi connectivity index (χ0) is 12.9. The number of nitrogens with zero attached hydrogens (tertiary/aromatic N) is 1. The molecule has 2 N–H and O–H groups in total. The molecule has 2 aromatic rings. The number of hydrogen-bond donors (Lipinski definition) is 2. The van der Waals surface area contributed by atoms with Crippen LogP contribution in [-0.2, 0) is 10.2 Å². The SMILES string of the molecule is C/C=C\c1nc2cc3c(cc2[nH]1)C(C)(C)C(=O)N3. The van der Waals surface area contributed by atoms with E-state index in [2.05, 4.69) is 15.3 Å². The molecule has 0 aliphatic carbocycles. The summed E-state index contributed by atoms with van der Waals surface area (Å²) in [7, 11) is 0. The lowest BCUT2D eigenvalue weighted by Gasteiger charge is -2.14. The molecule has 1 aromatic carbocycles. The summed E-state index contributed by atoms with van der Waals surface area (Å²) >= 11 is 0. The van der Waals surface area contributed by atoms with Crippen LogP contribution in [0, 0.1) is 0 Å². The van der Waals surface area contributed by atoms with Gasteiger partial charge in [0.05, 0.1) is 16.4 Å². The number of imidazole rings is 1. The first-order valence-electron chi connectivity index (χ1n) is 6.01. The standard InChI is InChI=1S/C14H15N3O/c1-4-5-12-15-10-6-8-9(7-11(10)16-12)17-13(18)14(8,2)3/h4-7H,1-3H3,(H,15,16)(H,17,18)/b5-4-. The van der Waals surface area contributed by atoms with E-state index in [0.29, 0.717) is 0 Å². The second-order valence-electron chi connectivity index (χ2n) is 5.12. The van der Waals surface area contributed by atoms with E-state index in [4.69, 9.17) is 0 Å². The molecule has 1 aromatic heterocycles. The monoisotopic (exact) mass is 241 g/mol. The molecule has 0 saturated heterocycles. The molecule has 92 valence electrons. The first-order chi connectivity index (χ1) is 8.52. The Morgan fingerprint density at radius 2 is 2.11 bits per heavy atom. The van der Waals surface area contributed by atoms with Crippen LogP contribution < -0.4 is 5.32 Å². The van der Waals surface area contributed by atoms with Gasteiger partial charge in [-0.25, -0.2) is 4.98 Å². The van der Waals surface area contributed by atoms with E-state index in [1.165, 1.54) is 0 Å². The van der Waals surface area contributed by atoms with Gasteiger partial charge < -0.3 is 10.3 Å². The summed E-state index contributed by atoms with van der Waals surface area (Å²) in [5, 5.41) is 2.91. The molecular weight excluding hydrogens is 226 g/mol. The highest BCUT2D eigenvalue weighted by molar-refractivity contribution is 6.07. The molecule has 0 spiro atoms. The van der Waals surface area contributed by atoms with Crippen LogP contribution in [-0.4, -0.2) is 15.9 Å². The van der Waals surface area contributed by atoms with Crippen molar-refractivity contribution >= 4 is 28.7 Å². The summed E-state index contributed by atoms with van der Waals surface area (Å²) in [6.45, 7) is 5.82. The quantitative estimate of drug-likeness (QED) is 0.806. The molecule has 1 aliphatic rings. The van der Waals surface area contributed by atoms with E-state index in [1.807, 2.05) is 45.1 Å². The number of benzene rings is 1. The van der Waals surface area contributed by atoms with Crippen LogP contribution in [0.3, 0.4) is 0 Å². The number of nitrogens with one attached hydrogen (secondary N) is 2. The number of aromatic nitrogens is 2. The number of carbonyl (C=O) groups excluding carboxylic acids is 1. The summed E-state index contributed by atoms with van der Waals surface area (Å²) in [5.74, 6) is 0.874. The smallest absolute Gasteiger partial charge is 0.234 e. The van der Waals surface area contributed by atoms with Crippen LogP contribution in [0.25, 0.3) is 17.1 Å². The number of rotatable bonds is 1. The van der Waals surface area contributed by atoms with Crippen LogP contribution >= 0.6 is 0 Å². The zero-order valence-electron chi connectivity index (χ0n) is 10.7. The number of amides is 1. The lowest BCUT2D eigenvalue weighted by atomic mass is 9.86. The predicted molar refractivity (Wildman–Crippen MR) is 72.5 cm³/mol. The van der Waals surface area contributed by atoms with E-state index >= 15 is 0 Å². The molecule has 2 heterocycles. The predicted octanol–water partition coefficient (Wildman–Crippen LogP) is 2.83. The average molecular weight is 241 g/mol. The van der Waals surface area contributed by atoms with Crippen molar-refractivity contribution in [2.45, 2.75) is 26.2 Å². The molecule has 0 saturated carbocycles. The molecule has 3 rings (SSSR count). The van der Waals surface area contributed by atoms with E-state index in [-0.39, 0.29) is 5.91 Å². The topological polar surface area (TPSA) is 57.8 Å². The maximum absolute atomic E-state index is 11.9. The Morgan fingerprint density at radius 3 is 2.83 bits per heavy atom. The summed E-state index contributed by atoms with van der Waals surface area (Å²) in [4.78, 5) is 19.6. The number of carbonyl (C=O) groups is 1. The molecule has 0 bridgehead atoms. The maximum Gasteiger partial charge on any atom is 0.234 e. The molecule has 0 radical (unpaired) electrons. The third kappa shape index (κ3) is 1.38. The first-order valence-corrected chi connectivity index (χ1v) is 6.01. The largest absolute Gasteiger partial charge is 0.338 e. The average Bonchev–Trinajstić information content (AvgIpc) is 2.77. The molecule has 0 atom stereocenters. The Hall–Kier alpha value is -2.10. The van der Waals surface area contributed by atoms with Gasteiger partial charge in [-0.05, 0) is 44.5 Å². The Kier molecular flexibility index (Phi) is 2.11. The van der Waals surface area contributed by atoms with Crippen molar-refractivity contribution in [3.05, 3.63) is 29.6 Å². The maximum atomic E-state index is 11.9. The molecule has 0 unspecified atom stereocenters. The Balaban J connectivity index is 2.23. The molecular formula is C14H15N3O. The van der Waals surface area contributed by atoms with Gasteiger partial charge in [-0.2, -0.15) is 0 Å². The van der Waals surface area contributed by atoms with Crippen molar-refractivity contribution < 1.29 is 4.79 Å². The number of aromatic amines is 1. The zero-order valence-corrected chi connectivity index (χ0v) is 10.7. The van der Waals surface area contributed by atoms with Crippen molar-refractivity contribution in [3.63, 3.8) is 0 Å². The summed E-state index contributed by atoms with van der Waals surface area (Å²) < 4.78 is 0. The first kappa shape index (κ1) is 11.0. The normalized spacial score (nSPS) is 17.4. The van der Waals surface area contributed by atoms with Gasteiger partial charge in [0.15, 0.2) is 0 Å². The highest BCUT2D eigenvalue weighted by Crippen LogP contribution is 2.39. The minimum Gasteiger partial charge on any atom is -0.338 e. The van der Waals surface area contributed by atoms with E-state index in [0.717, 1.165) is 28.1 Å². The van der Waals surface area contributed by atoms with Gasteiger partial charge in [-0.3, -0.25) is 4.79 Å². The molecule has 0 fully saturated rings. The van der Waals surface area contributed by atoms with Crippen LogP contribution in [0.15, 0.2) is 18.2 Å². The van der Waals surface area contributed by atoms with E-state index in [1.54, 1.807) is 0 Å². The minimum absolute atomic E-state index is 0.0406. The fourth-order valence-electron chi connectivity index (χ4n) is 2.33. The Bertz CT molecular complexity index is 680. The van der Waals surface area contributed by atoms with Gasteiger partial charge in [0.25, 0.3) is 0 Å². The number of anilines is 1. The third-order valence-corrected chi connectivity index (χ3v) is 3.45. The second kappa shape index (κ2) is 3.45. The van der Waals surface area contributed by atoms with Gasteiger partial charge in [-0.15, -0.1) is 0 Å². The number of hydrogen-bond acceptors (Lipinski definition) is 2. The van der Waals surface area contributed by atoms with Crippen LogP contribution in [0.1, 0.15) is 32.2 Å². The minimum atomic E-state index is -0.477. The molecule has 1 amide bonds. The Labute approximate surface area is 105 Å². The van der Waals surface area contributed by atoms with Crippen LogP contribution in [0.4, 0.5) is 5.69 Å². The number of fused-ring (bicyclic) bond motifs is 2. The molecule has 4 heteroatoms. The van der Waals surface area contributed by atoms with Crippen molar-refractivity contribution in [2.24, 2.45) is 0 Å². The summed E-state index contributed by atoms with van der Waals surface area (Å²) in [6.07, 6.45) is 3.87.